The molecule has 0 heterocycles. The molecule has 0 aliphatic carbocycles. The van der Waals surface area contributed by atoms with Crippen LogP contribution in [-0.2, 0) is 9.59 Å². The first-order valence-electron chi connectivity index (χ1n) is 5.45. The number of carbonyl (C=O) groups excluding carboxylic acids is 1. The zero-order chi connectivity index (χ0) is 12.7. The van der Waals surface area contributed by atoms with E-state index in [1.165, 1.54) is 0 Å². The summed E-state index contributed by atoms with van der Waals surface area (Å²) in [7, 11) is 0. The van der Waals surface area contributed by atoms with E-state index >= 15 is 0 Å². The highest BCUT2D eigenvalue weighted by Crippen LogP contribution is 2.10. The highest BCUT2D eigenvalue weighted by molar-refractivity contribution is 8.00. The molecule has 0 rings (SSSR count). The topological polar surface area (TPSA) is 66.4 Å². The predicted octanol–water partition coefficient (Wildman–Crippen LogP) is 1.74. The van der Waals surface area contributed by atoms with Crippen molar-refractivity contribution in [3.05, 3.63) is 0 Å². The van der Waals surface area contributed by atoms with E-state index in [2.05, 4.69) is 5.32 Å². The molecule has 94 valence electrons. The van der Waals surface area contributed by atoms with Crippen molar-refractivity contribution in [3.8, 4) is 0 Å². The van der Waals surface area contributed by atoms with Crippen molar-refractivity contribution in [2.24, 2.45) is 5.92 Å². The zero-order valence-corrected chi connectivity index (χ0v) is 11.1. The van der Waals surface area contributed by atoms with Gasteiger partial charge in [0.15, 0.2) is 0 Å². The van der Waals surface area contributed by atoms with Crippen LogP contribution in [0.1, 0.15) is 34.1 Å². The second kappa shape index (κ2) is 7.54. The average molecular weight is 247 g/mol. The third-order valence-corrected chi connectivity index (χ3v) is 3.19. The number of amides is 1. The number of rotatable bonds is 7. The Morgan fingerprint density at radius 1 is 1.25 bits per heavy atom. The molecule has 16 heavy (non-hydrogen) atoms. The molecule has 1 unspecified atom stereocenters. The summed E-state index contributed by atoms with van der Waals surface area (Å²) in [5, 5.41) is 11.9. The van der Waals surface area contributed by atoms with Crippen LogP contribution in [0.5, 0.6) is 0 Å². The van der Waals surface area contributed by atoms with Crippen molar-refractivity contribution >= 4 is 23.6 Å². The summed E-state index contributed by atoms with van der Waals surface area (Å²) in [4.78, 5) is 22.1. The van der Waals surface area contributed by atoms with E-state index in [1.807, 2.05) is 27.7 Å². The van der Waals surface area contributed by atoms with Gasteiger partial charge in [0.25, 0.3) is 0 Å². The van der Waals surface area contributed by atoms with E-state index in [4.69, 9.17) is 5.11 Å². The Bertz CT molecular complexity index is 241. The number of hydrogen-bond acceptors (Lipinski definition) is 3. The normalized spacial score (nSPS) is 12.9. The lowest BCUT2D eigenvalue weighted by molar-refractivity contribution is -0.138. The fourth-order valence-corrected chi connectivity index (χ4v) is 1.70. The molecule has 0 saturated carbocycles. The Labute approximate surface area is 101 Å². The molecule has 0 aromatic carbocycles. The number of aliphatic carboxylic acids is 1. The molecule has 0 aliphatic heterocycles. The smallest absolute Gasteiger partial charge is 0.305 e. The minimum Gasteiger partial charge on any atom is -0.481 e. The first kappa shape index (κ1) is 15.3. The average Bonchev–Trinajstić information content (AvgIpc) is 2.12. The largest absolute Gasteiger partial charge is 0.481 e. The van der Waals surface area contributed by atoms with Crippen LogP contribution in [0.4, 0.5) is 0 Å². The van der Waals surface area contributed by atoms with Gasteiger partial charge < -0.3 is 10.4 Å². The van der Waals surface area contributed by atoms with Gasteiger partial charge in [0, 0.05) is 6.04 Å². The summed E-state index contributed by atoms with van der Waals surface area (Å²) < 4.78 is 0. The lowest BCUT2D eigenvalue weighted by Crippen LogP contribution is -2.41. The first-order valence-corrected chi connectivity index (χ1v) is 6.50. The molecule has 0 aromatic rings. The summed E-state index contributed by atoms with van der Waals surface area (Å²) in [5.74, 6) is -0.446. The van der Waals surface area contributed by atoms with Gasteiger partial charge in [-0.1, -0.05) is 27.7 Å². The molecule has 0 spiro atoms. The third kappa shape index (κ3) is 7.56. The van der Waals surface area contributed by atoms with E-state index in [1.54, 1.807) is 11.8 Å². The van der Waals surface area contributed by atoms with Crippen LogP contribution < -0.4 is 5.32 Å². The van der Waals surface area contributed by atoms with E-state index in [0.29, 0.717) is 11.0 Å². The van der Waals surface area contributed by atoms with Crippen molar-refractivity contribution < 1.29 is 14.7 Å². The predicted molar refractivity (Wildman–Crippen MR) is 66.6 cm³/mol. The van der Waals surface area contributed by atoms with E-state index in [-0.39, 0.29) is 24.3 Å². The monoisotopic (exact) mass is 247 g/mol. The number of carboxylic acids is 1. The van der Waals surface area contributed by atoms with Crippen LogP contribution in [0.2, 0.25) is 0 Å². The molecule has 2 N–H and O–H groups in total. The van der Waals surface area contributed by atoms with Crippen LogP contribution in [0, 0.1) is 5.92 Å². The van der Waals surface area contributed by atoms with Crippen molar-refractivity contribution in [1.29, 1.82) is 0 Å². The minimum absolute atomic E-state index is 0.0181. The van der Waals surface area contributed by atoms with Gasteiger partial charge in [0.1, 0.15) is 0 Å². The Hall–Kier alpha value is -0.710. The summed E-state index contributed by atoms with van der Waals surface area (Å²) in [6.45, 7) is 7.86. The van der Waals surface area contributed by atoms with Crippen molar-refractivity contribution in [2.45, 2.75) is 45.4 Å². The number of carbonyl (C=O) groups is 2. The Morgan fingerprint density at radius 2 is 1.81 bits per heavy atom. The van der Waals surface area contributed by atoms with Crippen LogP contribution in [0.3, 0.4) is 0 Å². The molecular weight excluding hydrogens is 226 g/mol. The second-order valence-corrected chi connectivity index (χ2v) is 5.94. The van der Waals surface area contributed by atoms with Gasteiger partial charge in [0.05, 0.1) is 12.2 Å². The maximum absolute atomic E-state index is 11.5. The molecule has 0 aromatic heterocycles. The second-order valence-electron chi connectivity index (χ2n) is 4.38. The molecule has 0 aliphatic rings. The lowest BCUT2D eigenvalue weighted by atomic mass is 10.0. The van der Waals surface area contributed by atoms with Gasteiger partial charge in [-0.2, -0.15) is 0 Å². The molecule has 0 saturated heterocycles. The lowest BCUT2D eigenvalue weighted by Gasteiger charge is -2.20. The van der Waals surface area contributed by atoms with Gasteiger partial charge in [-0.3, -0.25) is 9.59 Å². The third-order valence-electron chi connectivity index (χ3n) is 2.09. The summed E-state index contributed by atoms with van der Waals surface area (Å²) in [6.07, 6.45) is -0.0181. The van der Waals surface area contributed by atoms with Crippen molar-refractivity contribution in [3.63, 3.8) is 0 Å². The maximum atomic E-state index is 11.5. The van der Waals surface area contributed by atoms with Crippen LogP contribution in [-0.4, -0.2) is 34.0 Å². The fraction of sp³-hybridized carbons (Fsp3) is 0.818. The quantitative estimate of drug-likeness (QED) is 0.719. The highest BCUT2D eigenvalue weighted by Gasteiger charge is 2.19. The molecule has 1 amide bonds. The molecule has 0 bridgehead atoms. The summed E-state index contributed by atoms with van der Waals surface area (Å²) in [5.41, 5.74) is 0. The summed E-state index contributed by atoms with van der Waals surface area (Å²) in [6, 6.07) is -0.280. The van der Waals surface area contributed by atoms with Crippen LogP contribution in [0.15, 0.2) is 0 Å². The number of carboxylic acid groups (broad SMARTS) is 1. The Kier molecular flexibility index (Phi) is 7.21. The Balaban J connectivity index is 4.08. The number of hydrogen-bond donors (Lipinski definition) is 2. The van der Waals surface area contributed by atoms with E-state index in [9.17, 15) is 9.59 Å². The SMILES string of the molecule is CC(C)SCC(=O)NC(CC(=O)O)C(C)C. The molecule has 1 atom stereocenters. The standard InChI is InChI=1S/C11H21NO3S/c1-7(2)9(5-11(14)15)12-10(13)6-16-8(3)4/h7-9H,5-6H2,1-4H3,(H,12,13)(H,14,15). The van der Waals surface area contributed by atoms with Gasteiger partial charge in [-0.25, -0.2) is 0 Å². The number of thioether (sulfide) groups is 1. The van der Waals surface area contributed by atoms with Crippen LogP contribution >= 0.6 is 11.8 Å². The minimum atomic E-state index is -0.879. The van der Waals surface area contributed by atoms with Gasteiger partial charge in [0.2, 0.25) is 5.91 Å². The van der Waals surface area contributed by atoms with Gasteiger partial charge >= 0.3 is 5.97 Å². The molecule has 0 fully saturated rings. The van der Waals surface area contributed by atoms with Gasteiger partial charge in [-0.15, -0.1) is 11.8 Å². The zero-order valence-electron chi connectivity index (χ0n) is 10.3. The van der Waals surface area contributed by atoms with Crippen molar-refractivity contribution in [2.75, 3.05) is 5.75 Å². The maximum Gasteiger partial charge on any atom is 0.305 e. The number of nitrogens with one attached hydrogen (secondary N) is 1. The van der Waals surface area contributed by atoms with Crippen LogP contribution in [0.25, 0.3) is 0 Å². The molecule has 0 radical (unpaired) electrons. The first-order chi connectivity index (χ1) is 7.32. The fourth-order valence-electron chi connectivity index (χ4n) is 1.13. The van der Waals surface area contributed by atoms with E-state index < -0.39 is 5.97 Å². The molecular formula is C11H21NO3S. The van der Waals surface area contributed by atoms with E-state index in [0.717, 1.165) is 0 Å². The summed E-state index contributed by atoms with van der Waals surface area (Å²) >= 11 is 1.55. The molecule has 4 nitrogen and oxygen atoms in total. The van der Waals surface area contributed by atoms with Gasteiger partial charge in [-0.05, 0) is 11.2 Å². The highest BCUT2D eigenvalue weighted by atomic mass is 32.2. The van der Waals surface area contributed by atoms with Crippen molar-refractivity contribution in [1.82, 2.24) is 5.32 Å². The molecule has 5 heteroatoms. The Morgan fingerprint density at radius 3 is 2.19 bits per heavy atom.